The van der Waals surface area contributed by atoms with Gasteiger partial charge in [-0.1, -0.05) is 6.07 Å². The molecule has 1 aromatic carbocycles. The number of sulfone groups is 1. The van der Waals surface area contributed by atoms with Crippen molar-refractivity contribution in [2.45, 2.75) is 43.4 Å². The predicted octanol–water partition coefficient (Wildman–Crippen LogP) is 4.44. The van der Waals surface area contributed by atoms with Crippen LogP contribution in [0.3, 0.4) is 0 Å². The highest BCUT2D eigenvalue weighted by Crippen LogP contribution is 2.29. The lowest BCUT2D eigenvalue weighted by molar-refractivity contribution is 0.102. The molecule has 4 aromatic rings. The minimum Gasteiger partial charge on any atom is -0.370 e. The largest absolute Gasteiger partial charge is 0.370 e. The van der Waals surface area contributed by atoms with Gasteiger partial charge in [-0.3, -0.25) is 14.9 Å². The molecule has 0 saturated carbocycles. The minimum atomic E-state index is -3.49. The van der Waals surface area contributed by atoms with E-state index in [9.17, 15) is 13.2 Å². The molecular formula is C26H28N6O3S. The lowest BCUT2D eigenvalue weighted by Crippen LogP contribution is -2.29. The summed E-state index contributed by atoms with van der Waals surface area (Å²) in [5.41, 5.74) is 4.38. The Morgan fingerprint density at radius 3 is 2.53 bits per heavy atom. The van der Waals surface area contributed by atoms with Crippen LogP contribution in [-0.4, -0.2) is 52.8 Å². The van der Waals surface area contributed by atoms with Crippen LogP contribution >= 0.6 is 0 Å². The summed E-state index contributed by atoms with van der Waals surface area (Å²) >= 11 is 0. The van der Waals surface area contributed by atoms with E-state index >= 15 is 0 Å². The molecule has 10 heteroatoms. The summed E-state index contributed by atoms with van der Waals surface area (Å²) in [6.45, 7) is 5.28. The molecule has 0 aliphatic carbocycles. The van der Waals surface area contributed by atoms with Crippen molar-refractivity contribution in [2.75, 3.05) is 23.3 Å². The molecule has 5 rings (SSSR count). The standard InChI is InChI=1S/C26H28N6O3S/c1-17(2)36(34,35)24-9-7-20(15-28-24)29-26(33)25-22-13-18(6-8-23(22)30-31-25)19-12-21(16-27-14-19)32-10-4-3-5-11-32/h6-9,12-17H,3-5,10-11H2,1-2H3,(H,29,33)(H,30,31). The number of hydrogen-bond donors (Lipinski definition) is 2. The van der Waals surface area contributed by atoms with Gasteiger partial charge in [-0.25, -0.2) is 13.4 Å². The number of benzene rings is 1. The van der Waals surface area contributed by atoms with E-state index in [4.69, 9.17) is 0 Å². The number of aromatic nitrogens is 4. The number of piperidine rings is 1. The van der Waals surface area contributed by atoms with Crippen molar-refractivity contribution in [3.63, 3.8) is 0 Å². The van der Waals surface area contributed by atoms with E-state index in [0.29, 0.717) is 11.1 Å². The van der Waals surface area contributed by atoms with E-state index in [1.54, 1.807) is 13.8 Å². The van der Waals surface area contributed by atoms with Gasteiger partial charge in [0, 0.05) is 30.2 Å². The Labute approximate surface area is 209 Å². The van der Waals surface area contributed by atoms with Crippen molar-refractivity contribution >= 4 is 38.0 Å². The van der Waals surface area contributed by atoms with Gasteiger partial charge in [-0.05, 0) is 69.0 Å². The first-order chi connectivity index (χ1) is 17.3. The Morgan fingerprint density at radius 2 is 1.81 bits per heavy atom. The van der Waals surface area contributed by atoms with Gasteiger partial charge in [0.25, 0.3) is 5.91 Å². The SMILES string of the molecule is CC(C)S(=O)(=O)c1ccc(NC(=O)c2n[nH]c3ccc(-c4cncc(N5CCCCC5)c4)cc23)cn1. The molecule has 1 saturated heterocycles. The van der Waals surface area contributed by atoms with Gasteiger partial charge in [0.05, 0.1) is 34.5 Å². The van der Waals surface area contributed by atoms with Crippen LogP contribution in [0, 0.1) is 0 Å². The molecule has 1 aliphatic rings. The number of aromatic amines is 1. The zero-order valence-corrected chi connectivity index (χ0v) is 21.0. The average molecular weight is 505 g/mol. The van der Waals surface area contributed by atoms with E-state index < -0.39 is 21.0 Å². The summed E-state index contributed by atoms with van der Waals surface area (Å²) in [5, 5.41) is 9.97. The maximum absolute atomic E-state index is 13.0. The number of rotatable bonds is 6. The average Bonchev–Trinajstić information content (AvgIpc) is 3.33. The number of H-pyrrole nitrogens is 1. The second-order valence-electron chi connectivity index (χ2n) is 9.25. The number of carbonyl (C=O) groups is 1. The smallest absolute Gasteiger partial charge is 0.276 e. The van der Waals surface area contributed by atoms with E-state index in [1.807, 2.05) is 30.6 Å². The Bertz CT molecular complexity index is 1510. The first kappa shape index (κ1) is 23.9. The Hall–Kier alpha value is -3.79. The lowest BCUT2D eigenvalue weighted by Gasteiger charge is -2.28. The number of nitrogens with one attached hydrogen (secondary N) is 2. The van der Waals surface area contributed by atoms with Crippen molar-refractivity contribution in [2.24, 2.45) is 0 Å². The lowest BCUT2D eigenvalue weighted by atomic mass is 10.0. The van der Waals surface area contributed by atoms with Gasteiger partial charge in [0.15, 0.2) is 20.6 Å². The van der Waals surface area contributed by atoms with Crippen LogP contribution in [0.5, 0.6) is 0 Å². The highest BCUT2D eigenvalue weighted by atomic mass is 32.2. The van der Waals surface area contributed by atoms with Gasteiger partial charge in [-0.15, -0.1) is 0 Å². The molecule has 186 valence electrons. The van der Waals surface area contributed by atoms with Crippen molar-refractivity contribution in [3.8, 4) is 11.1 Å². The third kappa shape index (κ3) is 4.68. The van der Waals surface area contributed by atoms with Crippen LogP contribution in [0.2, 0.25) is 0 Å². The molecule has 0 bridgehead atoms. The topological polar surface area (TPSA) is 121 Å². The molecule has 4 heterocycles. The Morgan fingerprint density at radius 1 is 1.00 bits per heavy atom. The molecule has 3 aromatic heterocycles. The van der Waals surface area contributed by atoms with Crippen molar-refractivity contribution < 1.29 is 13.2 Å². The summed E-state index contributed by atoms with van der Waals surface area (Å²) in [4.78, 5) is 23.9. The van der Waals surface area contributed by atoms with E-state index in [0.717, 1.165) is 35.4 Å². The minimum absolute atomic E-state index is 0.0225. The number of anilines is 2. The Balaban J connectivity index is 1.39. The van der Waals surface area contributed by atoms with Gasteiger partial charge >= 0.3 is 0 Å². The molecule has 9 nitrogen and oxygen atoms in total. The number of amides is 1. The summed E-state index contributed by atoms with van der Waals surface area (Å²) in [7, 11) is -3.49. The molecule has 0 atom stereocenters. The van der Waals surface area contributed by atoms with Crippen molar-refractivity contribution in [1.82, 2.24) is 20.2 Å². The zero-order valence-electron chi connectivity index (χ0n) is 20.2. The number of fused-ring (bicyclic) bond motifs is 1. The fourth-order valence-corrected chi connectivity index (χ4v) is 5.27. The first-order valence-corrected chi connectivity index (χ1v) is 13.6. The second-order valence-corrected chi connectivity index (χ2v) is 11.7. The fraction of sp³-hybridized carbons (Fsp3) is 0.308. The first-order valence-electron chi connectivity index (χ1n) is 12.0. The maximum atomic E-state index is 13.0. The van der Waals surface area contributed by atoms with Crippen LogP contribution < -0.4 is 10.2 Å². The van der Waals surface area contributed by atoms with E-state index in [-0.39, 0.29) is 10.7 Å². The van der Waals surface area contributed by atoms with Crippen molar-refractivity contribution in [3.05, 3.63) is 60.7 Å². The fourth-order valence-electron chi connectivity index (χ4n) is 4.33. The molecule has 36 heavy (non-hydrogen) atoms. The van der Waals surface area contributed by atoms with Gasteiger partial charge < -0.3 is 10.2 Å². The summed E-state index contributed by atoms with van der Waals surface area (Å²) in [5.74, 6) is -0.417. The van der Waals surface area contributed by atoms with Crippen LogP contribution in [-0.2, 0) is 9.84 Å². The van der Waals surface area contributed by atoms with Crippen LogP contribution in [0.4, 0.5) is 11.4 Å². The third-order valence-electron chi connectivity index (χ3n) is 6.46. The number of pyridine rings is 2. The summed E-state index contributed by atoms with van der Waals surface area (Å²) in [6, 6.07) is 10.9. The molecule has 1 fully saturated rings. The Kier molecular flexibility index (Phi) is 6.44. The molecule has 0 radical (unpaired) electrons. The van der Waals surface area contributed by atoms with Gasteiger partial charge in [0.2, 0.25) is 0 Å². The monoisotopic (exact) mass is 504 g/mol. The summed E-state index contributed by atoms with van der Waals surface area (Å²) < 4.78 is 24.6. The predicted molar refractivity (Wildman–Crippen MR) is 140 cm³/mol. The van der Waals surface area contributed by atoms with Gasteiger partial charge in [-0.2, -0.15) is 5.10 Å². The molecular weight excluding hydrogens is 476 g/mol. The quantitative estimate of drug-likeness (QED) is 0.398. The molecule has 1 aliphatic heterocycles. The highest BCUT2D eigenvalue weighted by molar-refractivity contribution is 7.91. The normalized spacial score (nSPS) is 14.4. The van der Waals surface area contributed by atoms with Crippen molar-refractivity contribution in [1.29, 1.82) is 0 Å². The van der Waals surface area contributed by atoms with Crippen LogP contribution in [0.25, 0.3) is 22.0 Å². The third-order valence-corrected chi connectivity index (χ3v) is 8.53. The zero-order chi connectivity index (χ0) is 25.3. The number of carbonyl (C=O) groups excluding carboxylic acids is 1. The second kappa shape index (κ2) is 9.69. The number of hydrogen-bond acceptors (Lipinski definition) is 7. The molecule has 1 amide bonds. The number of nitrogens with zero attached hydrogens (tertiary/aromatic N) is 4. The van der Waals surface area contributed by atoms with E-state index in [2.05, 4.69) is 36.4 Å². The maximum Gasteiger partial charge on any atom is 0.276 e. The molecule has 0 spiro atoms. The van der Waals surface area contributed by atoms with E-state index in [1.165, 1.54) is 37.6 Å². The summed E-state index contributed by atoms with van der Waals surface area (Å²) in [6.07, 6.45) is 8.71. The van der Waals surface area contributed by atoms with Crippen LogP contribution in [0.1, 0.15) is 43.6 Å². The highest BCUT2D eigenvalue weighted by Gasteiger charge is 2.21. The molecule has 0 unspecified atom stereocenters. The van der Waals surface area contributed by atoms with Gasteiger partial charge in [0.1, 0.15) is 0 Å². The molecule has 2 N–H and O–H groups in total. The van der Waals surface area contributed by atoms with Crippen LogP contribution in [0.15, 0.2) is 60.0 Å².